The van der Waals surface area contributed by atoms with Crippen molar-refractivity contribution in [3.05, 3.63) is 0 Å². The fourth-order valence-electron chi connectivity index (χ4n) is 1.92. The van der Waals surface area contributed by atoms with Gasteiger partial charge in [0, 0.05) is 19.5 Å². The summed E-state index contributed by atoms with van der Waals surface area (Å²) in [6.45, 7) is 1.29. The van der Waals surface area contributed by atoms with Crippen LogP contribution in [0.3, 0.4) is 0 Å². The Kier molecular flexibility index (Phi) is 5.58. The van der Waals surface area contributed by atoms with Gasteiger partial charge in [0.2, 0.25) is 5.91 Å². The van der Waals surface area contributed by atoms with Gasteiger partial charge in [-0.15, -0.1) is 0 Å². The van der Waals surface area contributed by atoms with Crippen molar-refractivity contribution in [2.45, 2.75) is 32.1 Å². The predicted molar refractivity (Wildman–Crippen MR) is 66.0 cm³/mol. The minimum absolute atomic E-state index is 0.0322. The Bertz CT molecular complexity index is 398. The average Bonchev–Trinajstić information content (AvgIpc) is 2.77. The SMILES string of the molecule is O=C(O)CCCCS(=O)(=O)CC(=O)N1CCCC1. The summed E-state index contributed by atoms with van der Waals surface area (Å²) < 4.78 is 23.3. The van der Waals surface area contributed by atoms with E-state index in [-0.39, 0.29) is 18.1 Å². The standard InChI is InChI=1S/C11H19NO5S/c13-10(12-6-2-3-7-12)9-18(16,17)8-4-1-5-11(14)15/h1-9H2,(H,14,15). The van der Waals surface area contributed by atoms with Gasteiger partial charge >= 0.3 is 5.97 Å². The number of hydrogen-bond acceptors (Lipinski definition) is 4. The third kappa shape index (κ3) is 5.48. The molecule has 1 N–H and O–H groups in total. The van der Waals surface area contributed by atoms with Gasteiger partial charge in [0.25, 0.3) is 0 Å². The largest absolute Gasteiger partial charge is 0.481 e. The average molecular weight is 277 g/mol. The van der Waals surface area contributed by atoms with Crippen LogP contribution in [0, 0.1) is 0 Å². The zero-order valence-corrected chi connectivity index (χ0v) is 11.1. The second kappa shape index (κ2) is 6.72. The number of carboxylic acids is 1. The maximum absolute atomic E-state index is 11.7. The molecule has 0 atom stereocenters. The molecule has 0 saturated carbocycles. The number of unbranched alkanes of at least 4 members (excludes halogenated alkanes) is 1. The number of nitrogens with zero attached hydrogens (tertiary/aromatic N) is 1. The number of sulfone groups is 1. The minimum Gasteiger partial charge on any atom is -0.481 e. The Morgan fingerprint density at radius 1 is 1.11 bits per heavy atom. The lowest BCUT2D eigenvalue weighted by molar-refractivity contribution is -0.137. The van der Waals surface area contributed by atoms with E-state index in [1.807, 2.05) is 0 Å². The van der Waals surface area contributed by atoms with E-state index in [1.165, 1.54) is 0 Å². The fourth-order valence-corrected chi connectivity index (χ4v) is 3.26. The molecule has 0 unspecified atom stereocenters. The summed E-state index contributed by atoms with van der Waals surface area (Å²) in [5, 5.41) is 8.42. The van der Waals surface area contributed by atoms with E-state index in [1.54, 1.807) is 4.90 Å². The molecule has 1 saturated heterocycles. The van der Waals surface area contributed by atoms with Crippen LogP contribution in [0.25, 0.3) is 0 Å². The first-order valence-electron chi connectivity index (χ1n) is 6.11. The molecule has 0 radical (unpaired) electrons. The van der Waals surface area contributed by atoms with Gasteiger partial charge in [0.05, 0.1) is 5.75 Å². The quantitative estimate of drug-likeness (QED) is 0.675. The number of likely N-dealkylation sites (tertiary alicyclic amines) is 1. The van der Waals surface area contributed by atoms with Crippen LogP contribution in [0.4, 0.5) is 0 Å². The second-order valence-corrected chi connectivity index (χ2v) is 6.71. The molecular weight excluding hydrogens is 258 g/mol. The molecule has 0 aromatic heterocycles. The minimum atomic E-state index is -3.40. The van der Waals surface area contributed by atoms with Gasteiger partial charge < -0.3 is 10.0 Å². The zero-order valence-electron chi connectivity index (χ0n) is 10.3. The van der Waals surface area contributed by atoms with Crippen molar-refractivity contribution in [2.75, 3.05) is 24.6 Å². The highest BCUT2D eigenvalue weighted by molar-refractivity contribution is 7.92. The molecular formula is C11H19NO5S. The molecule has 0 aromatic carbocycles. The zero-order chi connectivity index (χ0) is 13.6. The molecule has 6 nitrogen and oxygen atoms in total. The van der Waals surface area contributed by atoms with Gasteiger partial charge in [-0.3, -0.25) is 9.59 Å². The summed E-state index contributed by atoms with van der Waals surface area (Å²) in [6.07, 6.45) is 2.46. The summed E-state index contributed by atoms with van der Waals surface area (Å²) in [5.74, 6) is -1.81. The van der Waals surface area contributed by atoms with Gasteiger partial charge in [-0.05, 0) is 25.7 Å². The van der Waals surface area contributed by atoms with Crippen LogP contribution in [0.1, 0.15) is 32.1 Å². The predicted octanol–water partition coefficient (Wildman–Crippen LogP) is 0.278. The van der Waals surface area contributed by atoms with Crippen molar-refractivity contribution in [1.82, 2.24) is 4.90 Å². The van der Waals surface area contributed by atoms with Crippen LogP contribution >= 0.6 is 0 Å². The topological polar surface area (TPSA) is 91.7 Å². The molecule has 0 aliphatic carbocycles. The normalized spacial score (nSPS) is 15.9. The Hall–Kier alpha value is -1.11. The molecule has 1 aliphatic heterocycles. The van der Waals surface area contributed by atoms with Crippen molar-refractivity contribution in [2.24, 2.45) is 0 Å². The number of hydrogen-bond donors (Lipinski definition) is 1. The number of carbonyl (C=O) groups excluding carboxylic acids is 1. The van der Waals surface area contributed by atoms with Crippen LogP contribution in [0.15, 0.2) is 0 Å². The van der Waals surface area contributed by atoms with E-state index in [0.29, 0.717) is 25.9 Å². The van der Waals surface area contributed by atoms with Crippen molar-refractivity contribution >= 4 is 21.7 Å². The van der Waals surface area contributed by atoms with E-state index >= 15 is 0 Å². The van der Waals surface area contributed by atoms with Gasteiger partial charge in [0.15, 0.2) is 9.84 Å². The van der Waals surface area contributed by atoms with Gasteiger partial charge in [0.1, 0.15) is 5.75 Å². The molecule has 104 valence electrons. The lowest BCUT2D eigenvalue weighted by Gasteiger charge is -2.14. The molecule has 1 fully saturated rings. The van der Waals surface area contributed by atoms with E-state index in [2.05, 4.69) is 0 Å². The molecule has 1 heterocycles. The smallest absolute Gasteiger partial charge is 0.303 e. The first kappa shape index (κ1) is 14.9. The van der Waals surface area contributed by atoms with Crippen LogP contribution in [0.2, 0.25) is 0 Å². The van der Waals surface area contributed by atoms with E-state index < -0.39 is 21.6 Å². The van der Waals surface area contributed by atoms with Gasteiger partial charge in [-0.25, -0.2) is 8.42 Å². The molecule has 0 aromatic rings. The van der Waals surface area contributed by atoms with E-state index in [4.69, 9.17) is 5.11 Å². The Balaban J connectivity index is 2.30. The van der Waals surface area contributed by atoms with Crippen molar-refractivity contribution in [1.29, 1.82) is 0 Å². The van der Waals surface area contributed by atoms with Crippen molar-refractivity contribution in [3.8, 4) is 0 Å². The molecule has 0 bridgehead atoms. The number of carboxylic acid groups (broad SMARTS) is 1. The fraction of sp³-hybridized carbons (Fsp3) is 0.818. The third-order valence-electron chi connectivity index (χ3n) is 2.90. The monoisotopic (exact) mass is 277 g/mol. The Morgan fingerprint density at radius 3 is 2.28 bits per heavy atom. The number of amides is 1. The number of carbonyl (C=O) groups is 2. The summed E-state index contributed by atoms with van der Waals surface area (Å²) in [6, 6.07) is 0. The molecule has 18 heavy (non-hydrogen) atoms. The van der Waals surface area contributed by atoms with E-state index in [0.717, 1.165) is 12.8 Å². The number of rotatable bonds is 7. The molecule has 0 spiro atoms. The first-order valence-corrected chi connectivity index (χ1v) is 7.93. The summed E-state index contributed by atoms with van der Waals surface area (Å²) in [7, 11) is -3.40. The summed E-state index contributed by atoms with van der Waals surface area (Å²) in [4.78, 5) is 23.5. The lowest BCUT2D eigenvalue weighted by Crippen LogP contribution is -2.34. The molecule has 1 rings (SSSR count). The van der Waals surface area contributed by atoms with Gasteiger partial charge in [-0.2, -0.15) is 0 Å². The highest BCUT2D eigenvalue weighted by Crippen LogP contribution is 2.09. The third-order valence-corrected chi connectivity index (χ3v) is 4.50. The van der Waals surface area contributed by atoms with Crippen molar-refractivity contribution < 1.29 is 23.1 Å². The Morgan fingerprint density at radius 2 is 1.72 bits per heavy atom. The summed E-state index contributed by atoms with van der Waals surface area (Å²) in [5.41, 5.74) is 0. The highest BCUT2D eigenvalue weighted by Gasteiger charge is 2.23. The van der Waals surface area contributed by atoms with E-state index in [9.17, 15) is 18.0 Å². The van der Waals surface area contributed by atoms with Crippen LogP contribution in [-0.2, 0) is 19.4 Å². The maximum Gasteiger partial charge on any atom is 0.303 e. The number of aliphatic carboxylic acids is 1. The van der Waals surface area contributed by atoms with Crippen LogP contribution < -0.4 is 0 Å². The Labute approximate surface area is 107 Å². The first-order chi connectivity index (χ1) is 8.41. The van der Waals surface area contributed by atoms with Crippen LogP contribution in [-0.4, -0.2) is 54.9 Å². The summed E-state index contributed by atoms with van der Waals surface area (Å²) >= 11 is 0. The lowest BCUT2D eigenvalue weighted by atomic mass is 10.3. The molecule has 1 aliphatic rings. The molecule has 7 heteroatoms. The molecule has 1 amide bonds. The van der Waals surface area contributed by atoms with Crippen LogP contribution in [0.5, 0.6) is 0 Å². The highest BCUT2D eigenvalue weighted by atomic mass is 32.2. The van der Waals surface area contributed by atoms with Gasteiger partial charge in [-0.1, -0.05) is 0 Å². The maximum atomic E-state index is 11.7. The second-order valence-electron chi connectivity index (χ2n) is 4.53. The van der Waals surface area contributed by atoms with Crippen molar-refractivity contribution in [3.63, 3.8) is 0 Å².